The fourth-order valence-corrected chi connectivity index (χ4v) is 5.31. The zero-order chi connectivity index (χ0) is 20.6. The van der Waals surface area contributed by atoms with Crippen LogP contribution in [0.2, 0.25) is 0 Å². The molecule has 1 saturated heterocycles. The van der Waals surface area contributed by atoms with Gasteiger partial charge in [-0.3, -0.25) is 0 Å². The molecule has 0 spiro atoms. The Kier molecular flexibility index (Phi) is 5.14. The van der Waals surface area contributed by atoms with Crippen molar-refractivity contribution in [3.05, 3.63) is 71.8 Å². The Labute approximate surface area is 172 Å². The van der Waals surface area contributed by atoms with Gasteiger partial charge in [-0.1, -0.05) is 60.7 Å². The number of alkyl halides is 1. The van der Waals surface area contributed by atoms with Crippen molar-refractivity contribution < 1.29 is 13.9 Å². The molecule has 3 atom stereocenters. The highest BCUT2D eigenvalue weighted by molar-refractivity contribution is 5.69. The molecule has 1 amide bonds. The normalized spacial score (nSPS) is 26.1. The highest BCUT2D eigenvalue weighted by atomic mass is 19.1. The molecule has 2 aliphatic rings. The summed E-state index contributed by atoms with van der Waals surface area (Å²) in [5, 5.41) is 0. The number of benzene rings is 2. The first kappa shape index (κ1) is 19.9. The van der Waals surface area contributed by atoms with Crippen LogP contribution in [-0.4, -0.2) is 35.9 Å². The summed E-state index contributed by atoms with van der Waals surface area (Å²) >= 11 is 0. The third-order valence-electron chi connectivity index (χ3n) is 6.51. The number of carbonyl (C=O) groups is 1. The van der Waals surface area contributed by atoms with E-state index in [0.717, 1.165) is 6.42 Å². The zero-order valence-electron chi connectivity index (χ0n) is 17.5. The summed E-state index contributed by atoms with van der Waals surface area (Å²) in [6, 6.07) is 20.8. The van der Waals surface area contributed by atoms with Gasteiger partial charge in [0, 0.05) is 24.4 Å². The summed E-state index contributed by atoms with van der Waals surface area (Å²) in [6.07, 6.45) is 0.0145. The van der Waals surface area contributed by atoms with Gasteiger partial charge in [0.1, 0.15) is 11.8 Å². The number of fused-ring (bicyclic) bond motifs is 1. The van der Waals surface area contributed by atoms with Gasteiger partial charge in [-0.25, -0.2) is 9.18 Å². The van der Waals surface area contributed by atoms with Crippen LogP contribution in [0.1, 0.15) is 44.7 Å². The molecule has 29 heavy (non-hydrogen) atoms. The van der Waals surface area contributed by atoms with Gasteiger partial charge in [0.05, 0.1) is 0 Å². The molecule has 2 unspecified atom stereocenters. The molecule has 0 radical (unpaired) electrons. The molecule has 2 aromatic rings. The Morgan fingerprint density at radius 1 is 1.00 bits per heavy atom. The van der Waals surface area contributed by atoms with E-state index in [1.165, 1.54) is 11.1 Å². The Bertz CT molecular complexity index is 807. The molecule has 4 rings (SSSR count). The number of carbonyl (C=O) groups excluding carboxylic acids is 1. The first-order chi connectivity index (χ1) is 13.8. The topological polar surface area (TPSA) is 29.5 Å². The molecule has 0 aromatic heterocycles. The number of hydrogen-bond donors (Lipinski definition) is 0. The van der Waals surface area contributed by atoms with Crippen molar-refractivity contribution in [1.82, 2.24) is 4.90 Å². The lowest BCUT2D eigenvalue weighted by atomic mass is 9.56. The SMILES string of the molecule is CC(C)(C)OC(=O)N1CC2[C@H](C1)C(F)CCC2(c1ccccc1)c1ccccc1. The van der Waals surface area contributed by atoms with E-state index in [1.54, 1.807) is 4.90 Å². The third kappa shape index (κ3) is 3.65. The first-order valence-corrected chi connectivity index (χ1v) is 10.5. The summed E-state index contributed by atoms with van der Waals surface area (Å²) in [4.78, 5) is 14.5. The van der Waals surface area contributed by atoms with Gasteiger partial charge in [-0.05, 0) is 50.7 Å². The second-order valence-electron chi connectivity index (χ2n) is 9.41. The van der Waals surface area contributed by atoms with E-state index in [2.05, 4.69) is 48.5 Å². The van der Waals surface area contributed by atoms with E-state index in [0.29, 0.717) is 19.5 Å². The van der Waals surface area contributed by atoms with E-state index >= 15 is 4.39 Å². The average molecular weight is 396 g/mol. The van der Waals surface area contributed by atoms with Crippen molar-refractivity contribution in [1.29, 1.82) is 0 Å². The number of nitrogens with zero attached hydrogens (tertiary/aromatic N) is 1. The predicted octanol–water partition coefficient (Wildman–Crippen LogP) is 5.59. The van der Waals surface area contributed by atoms with Crippen molar-refractivity contribution >= 4 is 6.09 Å². The molecule has 0 N–H and O–H groups in total. The van der Waals surface area contributed by atoms with Crippen LogP contribution in [0.4, 0.5) is 9.18 Å². The number of likely N-dealkylation sites (tertiary alicyclic amines) is 1. The summed E-state index contributed by atoms with van der Waals surface area (Å²) < 4.78 is 20.7. The number of ether oxygens (including phenoxy) is 1. The van der Waals surface area contributed by atoms with Crippen molar-refractivity contribution in [2.45, 2.75) is 50.8 Å². The van der Waals surface area contributed by atoms with E-state index in [9.17, 15) is 4.79 Å². The lowest BCUT2D eigenvalue weighted by Gasteiger charge is -2.47. The quantitative estimate of drug-likeness (QED) is 0.664. The molecule has 1 aliphatic heterocycles. The Hall–Kier alpha value is -2.36. The maximum atomic E-state index is 15.1. The molecule has 154 valence electrons. The van der Waals surface area contributed by atoms with Crippen molar-refractivity contribution in [2.24, 2.45) is 11.8 Å². The largest absolute Gasteiger partial charge is 0.444 e. The third-order valence-corrected chi connectivity index (χ3v) is 6.51. The van der Waals surface area contributed by atoms with Crippen molar-refractivity contribution in [2.75, 3.05) is 13.1 Å². The van der Waals surface area contributed by atoms with Gasteiger partial charge < -0.3 is 9.64 Å². The fourth-order valence-electron chi connectivity index (χ4n) is 5.31. The lowest BCUT2D eigenvalue weighted by Crippen LogP contribution is -2.47. The monoisotopic (exact) mass is 395 g/mol. The fraction of sp³-hybridized carbons (Fsp3) is 0.480. The Balaban J connectivity index is 1.76. The molecule has 2 fully saturated rings. The van der Waals surface area contributed by atoms with Crippen LogP contribution < -0.4 is 0 Å². The van der Waals surface area contributed by atoms with Crippen LogP contribution >= 0.6 is 0 Å². The first-order valence-electron chi connectivity index (χ1n) is 10.5. The smallest absolute Gasteiger partial charge is 0.410 e. The second kappa shape index (κ2) is 7.47. The highest BCUT2D eigenvalue weighted by Crippen LogP contribution is 2.54. The standard InChI is InChI=1S/C25H30FNO2/c1-24(2,3)29-23(28)27-16-20-21(17-27)25(15-14-22(20)26,18-10-6-4-7-11-18)19-12-8-5-9-13-19/h4-13,20-22H,14-17H2,1-3H3/t20-,21?,22?/m0/s1. The van der Waals surface area contributed by atoms with Gasteiger partial charge in [-0.15, -0.1) is 0 Å². The lowest BCUT2D eigenvalue weighted by molar-refractivity contribution is 0.0279. The van der Waals surface area contributed by atoms with E-state index in [4.69, 9.17) is 4.74 Å². The van der Waals surface area contributed by atoms with Crippen molar-refractivity contribution in [3.8, 4) is 0 Å². The predicted molar refractivity (Wildman–Crippen MR) is 113 cm³/mol. The van der Waals surface area contributed by atoms with Crippen LogP contribution in [0.15, 0.2) is 60.7 Å². The van der Waals surface area contributed by atoms with Crippen molar-refractivity contribution in [3.63, 3.8) is 0 Å². The van der Waals surface area contributed by atoms with E-state index < -0.39 is 11.8 Å². The molecule has 1 saturated carbocycles. The van der Waals surface area contributed by atoms with Gasteiger partial charge in [-0.2, -0.15) is 0 Å². The number of halogens is 1. The molecular formula is C25H30FNO2. The van der Waals surface area contributed by atoms with Gasteiger partial charge in [0.25, 0.3) is 0 Å². The average Bonchev–Trinajstić information content (AvgIpc) is 3.16. The molecule has 4 heteroatoms. The summed E-state index contributed by atoms with van der Waals surface area (Å²) in [7, 11) is 0. The van der Waals surface area contributed by atoms with Crippen LogP contribution in [0.25, 0.3) is 0 Å². The Morgan fingerprint density at radius 3 is 2.07 bits per heavy atom. The molecule has 3 nitrogen and oxygen atoms in total. The number of amides is 1. The minimum Gasteiger partial charge on any atom is -0.444 e. The van der Waals surface area contributed by atoms with Gasteiger partial charge in [0.2, 0.25) is 0 Å². The van der Waals surface area contributed by atoms with E-state index in [1.807, 2.05) is 32.9 Å². The summed E-state index contributed by atoms with van der Waals surface area (Å²) in [6.45, 7) is 6.53. The summed E-state index contributed by atoms with van der Waals surface area (Å²) in [5.41, 5.74) is 1.56. The maximum Gasteiger partial charge on any atom is 0.410 e. The molecule has 0 bridgehead atoms. The summed E-state index contributed by atoms with van der Waals surface area (Å²) in [5.74, 6) is -0.166. The second-order valence-corrected chi connectivity index (χ2v) is 9.41. The highest BCUT2D eigenvalue weighted by Gasteiger charge is 2.56. The minimum absolute atomic E-state index is 0.0172. The van der Waals surface area contributed by atoms with Crippen LogP contribution in [0.5, 0.6) is 0 Å². The molecule has 1 heterocycles. The van der Waals surface area contributed by atoms with Crippen LogP contribution in [-0.2, 0) is 10.2 Å². The number of rotatable bonds is 2. The van der Waals surface area contributed by atoms with Gasteiger partial charge in [0.15, 0.2) is 0 Å². The molecule has 1 aliphatic carbocycles. The number of hydrogen-bond acceptors (Lipinski definition) is 2. The molecule has 2 aromatic carbocycles. The van der Waals surface area contributed by atoms with E-state index in [-0.39, 0.29) is 23.3 Å². The van der Waals surface area contributed by atoms with Gasteiger partial charge >= 0.3 is 6.09 Å². The van der Waals surface area contributed by atoms with Crippen LogP contribution in [0.3, 0.4) is 0 Å². The Morgan fingerprint density at radius 2 is 1.55 bits per heavy atom. The zero-order valence-corrected chi connectivity index (χ0v) is 17.5. The maximum absolute atomic E-state index is 15.1. The van der Waals surface area contributed by atoms with Crippen LogP contribution in [0, 0.1) is 11.8 Å². The molecular weight excluding hydrogens is 365 g/mol. The minimum atomic E-state index is -0.895.